The normalized spacial score (nSPS) is 23.4. The number of hydrogen-bond acceptors (Lipinski definition) is 4. The van der Waals surface area contributed by atoms with Crippen LogP contribution in [0.4, 0.5) is 10.1 Å². The number of aromatic nitrogens is 2. The average Bonchev–Trinajstić information content (AvgIpc) is 3.10. The lowest BCUT2D eigenvalue weighted by molar-refractivity contribution is 0.102. The van der Waals surface area contributed by atoms with E-state index in [1.807, 2.05) is 19.1 Å². The van der Waals surface area contributed by atoms with Crippen LogP contribution in [-0.4, -0.2) is 27.4 Å². The molecule has 7 heteroatoms. The molecule has 5 heterocycles. The van der Waals surface area contributed by atoms with Gasteiger partial charge in [0.25, 0.3) is 5.91 Å². The lowest BCUT2D eigenvalue weighted by Gasteiger charge is -2.15. The van der Waals surface area contributed by atoms with E-state index in [-0.39, 0.29) is 11.6 Å². The molecule has 3 atom stereocenters. The van der Waals surface area contributed by atoms with Gasteiger partial charge in [0.1, 0.15) is 11.3 Å². The molecule has 0 radical (unpaired) electrons. The van der Waals surface area contributed by atoms with Crippen LogP contribution < -0.4 is 10.6 Å². The standard InChI is InChI=1S/C27H25FN4O2/c1-13-11-32-12-17(10-23(28)26(32)29-13)31-27(33)19-6-5-18(22-7-14(2)34-25(19)22)24-20-8-15-3-4-16(30-15)9-21(20)24/h5-7,10-12,15-16,24,30H,3-4,8-9H2,1-2H3,(H,31,33)/t15-,16+,24?. The van der Waals surface area contributed by atoms with E-state index in [1.54, 1.807) is 34.9 Å². The van der Waals surface area contributed by atoms with Crippen molar-refractivity contribution in [2.75, 3.05) is 5.32 Å². The summed E-state index contributed by atoms with van der Waals surface area (Å²) in [6.07, 6.45) is 8.17. The van der Waals surface area contributed by atoms with Gasteiger partial charge in [0.2, 0.25) is 0 Å². The third kappa shape index (κ3) is 3.03. The largest absolute Gasteiger partial charge is 0.461 e. The molecule has 1 aliphatic carbocycles. The van der Waals surface area contributed by atoms with Crippen LogP contribution >= 0.6 is 0 Å². The maximum absolute atomic E-state index is 14.5. The van der Waals surface area contributed by atoms with Crippen LogP contribution in [-0.2, 0) is 0 Å². The van der Waals surface area contributed by atoms with Gasteiger partial charge in [-0.2, -0.15) is 0 Å². The Morgan fingerprint density at radius 2 is 1.91 bits per heavy atom. The van der Waals surface area contributed by atoms with Crippen molar-refractivity contribution in [3.63, 3.8) is 0 Å². The van der Waals surface area contributed by atoms with Gasteiger partial charge >= 0.3 is 0 Å². The Morgan fingerprint density at radius 3 is 2.68 bits per heavy atom. The third-order valence-corrected chi connectivity index (χ3v) is 7.57. The second-order valence-electron chi connectivity index (χ2n) is 9.98. The van der Waals surface area contributed by atoms with Gasteiger partial charge in [0.05, 0.1) is 16.9 Å². The second kappa shape index (κ2) is 7.03. The number of fused-ring (bicyclic) bond motifs is 4. The number of imidazole rings is 1. The zero-order valence-corrected chi connectivity index (χ0v) is 19.1. The van der Waals surface area contributed by atoms with Crippen LogP contribution in [0.25, 0.3) is 16.6 Å². The summed E-state index contributed by atoms with van der Waals surface area (Å²) < 4.78 is 22.1. The zero-order chi connectivity index (χ0) is 23.1. The molecule has 3 aromatic heterocycles. The monoisotopic (exact) mass is 456 g/mol. The van der Waals surface area contributed by atoms with Crippen LogP contribution in [0.2, 0.25) is 0 Å². The minimum Gasteiger partial charge on any atom is -0.461 e. The topological polar surface area (TPSA) is 71.6 Å². The van der Waals surface area contributed by atoms with Crippen molar-refractivity contribution in [2.24, 2.45) is 0 Å². The molecule has 2 bridgehead atoms. The fourth-order valence-electron chi connectivity index (χ4n) is 6.09. The van der Waals surface area contributed by atoms with Gasteiger partial charge in [-0.15, -0.1) is 0 Å². The Kier molecular flexibility index (Phi) is 4.13. The fraction of sp³-hybridized carbons (Fsp3) is 0.333. The number of furan rings is 1. The molecule has 7 rings (SSSR count). The highest BCUT2D eigenvalue weighted by molar-refractivity contribution is 6.12. The smallest absolute Gasteiger partial charge is 0.259 e. The van der Waals surface area contributed by atoms with Gasteiger partial charge in [-0.05, 0) is 57.2 Å². The molecule has 3 aliphatic rings. The molecule has 1 unspecified atom stereocenters. The van der Waals surface area contributed by atoms with Crippen LogP contribution in [0, 0.1) is 19.7 Å². The number of hydrogen-bond donors (Lipinski definition) is 2. The first-order chi connectivity index (χ1) is 16.4. The first-order valence-corrected chi connectivity index (χ1v) is 11.9. The van der Waals surface area contributed by atoms with Gasteiger partial charge in [-0.25, -0.2) is 9.37 Å². The van der Waals surface area contributed by atoms with Crippen LogP contribution in [0.5, 0.6) is 0 Å². The molecular formula is C27H25FN4O2. The maximum atomic E-state index is 14.5. The lowest BCUT2D eigenvalue weighted by atomic mass is 9.96. The number of carbonyl (C=O) groups is 1. The van der Waals surface area contributed by atoms with E-state index in [0.717, 1.165) is 24.0 Å². The summed E-state index contributed by atoms with van der Waals surface area (Å²) in [6.45, 7) is 3.71. The quantitative estimate of drug-likeness (QED) is 0.405. The van der Waals surface area contributed by atoms with Gasteiger partial charge in [-0.3, -0.25) is 4.79 Å². The minimum atomic E-state index is -0.481. The Bertz CT molecular complexity index is 1520. The first kappa shape index (κ1) is 20.0. The number of halogens is 1. The summed E-state index contributed by atoms with van der Waals surface area (Å²) in [6, 6.07) is 8.46. The molecule has 1 amide bonds. The fourth-order valence-corrected chi connectivity index (χ4v) is 6.09. The van der Waals surface area contributed by atoms with Crippen molar-refractivity contribution < 1.29 is 13.6 Å². The van der Waals surface area contributed by atoms with E-state index >= 15 is 0 Å². The number of rotatable bonds is 3. The number of nitrogens with one attached hydrogen (secondary N) is 2. The highest BCUT2D eigenvalue weighted by Crippen LogP contribution is 2.56. The van der Waals surface area contributed by atoms with E-state index < -0.39 is 5.82 Å². The summed E-state index contributed by atoms with van der Waals surface area (Å²) in [7, 11) is 0. The van der Waals surface area contributed by atoms with E-state index in [4.69, 9.17) is 4.42 Å². The SMILES string of the molecule is Cc1cn2cc(NC(=O)c3ccc(C4C5=C4C[C@@H]4CC[C@H](C5)N4)c4cc(C)oc34)cc(F)c2n1. The summed E-state index contributed by atoms with van der Waals surface area (Å²) in [5.41, 5.74) is 6.73. The molecule has 1 fully saturated rings. The number of pyridine rings is 1. The molecule has 1 aromatic carbocycles. The summed E-state index contributed by atoms with van der Waals surface area (Å²) in [5.74, 6) is 0.345. The van der Waals surface area contributed by atoms with Crippen LogP contribution in [0.1, 0.15) is 59.0 Å². The first-order valence-electron chi connectivity index (χ1n) is 11.9. The zero-order valence-electron chi connectivity index (χ0n) is 19.1. The predicted octanol–water partition coefficient (Wildman–Crippen LogP) is 5.40. The third-order valence-electron chi connectivity index (χ3n) is 7.57. The van der Waals surface area contributed by atoms with Crippen molar-refractivity contribution >= 4 is 28.2 Å². The van der Waals surface area contributed by atoms with Crippen molar-refractivity contribution in [3.05, 3.63) is 76.2 Å². The van der Waals surface area contributed by atoms with Gasteiger partial charge in [0.15, 0.2) is 11.5 Å². The number of benzene rings is 1. The molecule has 0 saturated carbocycles. The number of amides is 1. The molecule has 0 spiro atoms. The molecule has 1 saturated heterocycles. The molecule has 6 nitrogen and oxygen atoms in total. The van der Waals surface area contributed by atoms with Crippen LogP contribution in [0.15, 0.2) is 52.2 Å². The van der Waals surface area contributed by atoms with Crippen molar-refractivity contribution in [2.45, 2.75) is 57.5 Å². The summed E-state index contributed by atoms with van der Waals surface area (Å²) in [5, 5.41) is 7.58. The summed E-state index contributed by atoms with van der Waals surface area (Å²) >= 11 is 0. The van der Waals surface area contributed by atoms with E-state index in [9.17, 15) is 9.18 Å². The number of aryl methyl sites for hydroxylation is 2. The van der Waals surface area contributed by atoms with E-state index in [0.29, 0.717) is 40.5 Å². The molecule has 2 N–H and O–H groups in total. The molecule has 2 aliphatic heterocycles. The molecule has 34 heavy (non-hydrogen) atoms. The van der Waals surface area contributed by atoms with Crippen molar-refractivity contribution in [1.82, 2.24) is 14.7 Å². The number of nitrogens with zero attached hydrogens (tertiary/aromatic N) is 2. The highest BCUT2D eigenvalue weighted by Gasteiger charge is 2.45. The van der Waals surface area contributed by atoms with Crippen molar-refractivity contribution in [1.29, 1.82) is 0 Å². The Morgan fingerprint density at radius 1 is 1.15 bits per heavy atom. The lowest BCUT2D eigenvalue weighted by Crippen LogP contribution is -2.28. The molecular weight excluding hydrogens is 431 g/mol. The number of carbonyl (C=O) groups excluding carboxylic acids is 1. The predicted molar refractivity (Wildman–Crippen MR) is 128 cm³/mol. The average molecular weight is 457 g/mol. The highest BCUT2D eigenvalue weighted by atomic mass is 19.1. The van der Waals surface area contributed by atoms with Crippen LogP contribution in [0.3, 0.4) is 0 Å². The minimum absolute atomic E-state index is 0.240. The Balaban J connectivity index is 1.22. The Labute approximate surface area is 195 Å². The molecule has 4 aromatic rings. The van der Waals surface area contributed by atoms with Gasteiger partial charge < -0.3 is 19.5 Å². The van der Waals surface area contributed by atoms with Gasteiger partial charge in [0, 0.05) is 41.8 Å². The second-order valence-corrected chi connectivity index (χ2v) is 9.98. The van der Waals surface area contributed by atoms with Gasteiger partial charge in [-0.1, -0.05) is 17.2 Å². The Hall–Kier alpha value is -3.45. The maximum Gasteiger partial charge on any atom is 0.259 e. The van der Waals surface area contributed by atoms with E-state index in [2.05, 4.69) is 21.7 Å². The number of anilines is 1. The summed E-state index contributed by atoms with van der Waals surface area (Å²) in [4.78, 5) is 17.4. The van der Waals surface area contributed by atoms with E-state index in [1.165, 1.54) is 24.5 Å². The molecule has 172 valence electrons. The van der Waals surface area contributed by atoms with Crippen molar-refractivity contribution in [3.8, 4) is 0 Å².